The zero-order chi connectivity index (χ0) is 16.3. The van der Waals surface area contributed by atoms with Crippen LogP contribution in [0.2, 0.25) is 0 Å². The Morgan fingerprint density at radius 2 is 1.90 bits per heavy atom. The van der Waals surface area contributed by atoms with Crippen LogP contribution in [0.4, 0.5) is 0 Å². The molecular weight excluding hydrogens is 274 g/mol. The molecule has 1 aromatic rings. The Morgan fingerprint density at radius 3 is 2.38 bits per heavy atom. The summed E-state index contributed by atoms with van der Waals surface area (Å²) in [6, 6.07) is 0. The first-order chi connectivity index (χ1) is 9.66. The Labute approximate surface area is 123 Å². The van der Waals surface area contributed by atoms with Crippen LogP contribution in [-0.4, -0.2) is 45.5 Å². The number of carbonyl (C=O) groups is 2. The number of hydrogen-bond donors (Lipinski definition) is 1. The van der Waals surface area contributed by atoms with Gasteiger partial charge < -0.3 is 10.0 Å². The molecule has 0 fully saturated rings. The molecule has 0 saturated carbocycles. The zero-order valence-corrected chi connectivity index (χ0v) is 13.0. The van der Waals surface area contributed by atoms with E-state index in [4.69, 9.17) is 5.11 Å². The van der Waals surface area contributed by atoms with Crippen LogP contribution in [0.1, 0.15) is 36.2 Å². The molecule has 116 valence electrons. The quantitative estimate of drug-likeness (QED) is 0.855. The number of aliphatic carboxylic acids is 1. The average Bonchev–Trinajstić information content (AvgIpc) is 2.37. The highest BCUT2D eigenvalue weighted by Crippen LogP contribution is 2.21. The van der Waals surface area contributed by atoms with E-state index in [1.165, 1.54) is 9.47 Å². The molecule has 7 nitrogen and oxygen atoms in total. The van der Waals surface area contributed by atoms with Gasteiger partial charge in [-0.2, -0.15) is 4.98 Å². The van der Waals surface area contributed by atoms with Crippen molar-refractivity contribution in [3.63, 3.8) is 0 Å². The Hall–Kier alpha value is -2.18. The minimum absolute atomic E-state index is 0.102. The van der Waals surface area contributed by atoms with E-state index in [1.54, 1.807) is 34.9 Å². The highest BCUT2D eigenvalue weighted by Gasteiger charge is 2.22. The van der Waals surface area contributed by atoms with Gasteiger partial charge in [-0.25, -0.2) is 4.79 Å². The van der Waals surface area contributed by atoms with E-state index in [1.807, 2.05) is 0 Å². The SMILES string of the molecule is Cc1nc(=O)n(CCC(=O)N(C)C)c(C)c1C(C)C(=O)O. The first-order valence-corrected chi connectivity index (χ1v) is 6.67. The lowest BCUT2D eigenvalue weighted by atomic mass is 9.98. The molecule has 0 spiro atoms. The van der Waals surface area contributed by atoms with Crippen molar-refractivity contribution in [2.24, 2.45) is 0 Å². The van der Waals surface area contributed by atoms with Crippen LogP contribution in [0.25, 0.3) is 0 Å². The highest BCUT2D eigenvalue weighted by molar-refractivity contribution is 5.76. The van der Waals surface area contributed by atoms with Gasteiger partial charge in [0.25, 0.3) is 0 Å². The summed E-state index contributed by atoms with van der Waals surface area (Å²) in [4.78, 5) is 40.1. The van der Waals surface area contributed by atoms with Crippen LogP contribution in [0, 0.1) is 13.8 Å². The third-order valence-corrected chi connectivity index (χ3v) is 3.53. The molecule has 1 amide bonds. The molecule has 0 aliphatic carbocycles. The van der Waals surface area contributed by atoms with E-state index in [2.05, 4.69) is 4.98 Å². The topological polar surface area (TPSA) is 92.5 Å². The van der Waals surface area contributed by atoms with Crippen molar-refractivity contribution in [3.8, 4) is 0 Å². The molecular formula is C14H21N3O4. The molecule has 1 N–H and O–H groups in total. The maximum atomic E-state index is 12.0. The molecule has 0 radical (unpaired) electrons. The van der Waals surface area contributed by atoms with Crippen molar-refractivity contribution in [1.29, 1.82) is 0 Å². The number of carboxylic acid groups (broad SMARTS) is 1. The lowest BCUT2D eigenvalue weighted by Crippen LogP contribution is -2.31. The minimum Gasteiger partial charge on any atom is -0.481 e. The molecule has 7 heteroatoms. The normalized spacial score (nSPS) is 12.0. The van der Waals surface area contributed by atoms with E-state index < -0.39 is 17.6 Å². The van der Waals surface area contributed by atoms with Crippen LogP contribution < -0.4 is 5.69 Å². The van der Waals surface area contributed by atoms with Crippen molar-refractivity contribution in [3.05, 3.63) is 27.4 Å². The van der Waals surface area contributed by atoms with Gasteiger partial charge in [-0.3, -0.25) is 14.2 Å². The summed E-state index contributed by atoms with van der Waals surface area (Å²) in [6.45, 7) is 5.05. The molecule has 0 saturated heterocycles. The summed E-state index contributed by atoms with van der Waals surface area (Å²) in [5, 5.41) is 9.16. The van der Waals surface area contributed by atoms with Crippen LogP contribution in [0.5, 0.6) is 0 Å². The molecule has 1 rings (SSSR count). The van der Waals surface area contributed by atoms with Crippen LogP contribution in [-0.2, 0) is 16.1 Å². The van der Waals surface area contributed by atoms with Gasteiger partial charge in [0.05, 0.1) is 5.92 Å². The highest BCUT2D eigenvalue weighted by atomic mass is 16.4. The lowest BCUT2D eigenvalue weighted by molar-refractivity contribution is -0.138. The van der Waals surface area contributed by atoms with Gasteiger partial charge in [-0.15, -0.1) is 0 Å². The number of carboxylic acids is 1. The molecule has 0 aliphatic rings. The maximum absolute atomic E-state index is 12.0. The van der Waals surface area contributed by atoms with Gasteiger partial charge in [0.1, 0.15) is 0 Å². The number of amides is 1. The number of aromatic nitrogens is 2. The molecule has 1 aromatic heterocycles. The monoisotopic (exact) mass is 295 g/mol. The van der Waals surface area contributed by atoms with Crippen LogP contribution >= 0.6 is 0 Å². The fourth-order valence-electron chi connectivity index (χ4n) is 2.26. The predicted molar refractivity (Wildman–Crippen MR) is 77.3 cm³/mol. The molecule has 1 unspecified atom stereocenters. The minimum atomic E-state index is -0.974. The fraction of sp³-hybridized carbons (Fsp3) is 0.571. The van der Waals surface area contributed by atoms with Crippen molar-refractivity contribution in [2.75, 3.05) is 14.1 Å². The van der Waals surface area contributed by atoms with Crippen molar-refractivity contribution < 1.29 is 14.7 Å². The third kappa shape index (κ3) is 3.68. The van der Waals surface area contributed by atoms with Gasteiger partial charge in [0.15, 0.2) is 0 Å². The summed E-state index contributed by atoms with van der Waals surface area (Å²) in [5.74, 6) is -1.83. The standard InChI is InChI=1S/C14H21N3O4/c1-8(13(19)20)12-9(2)15-14(21)17(10(12)3)7-6-11(18)16(4)5/h8H,6-7H2,1-5H3,(H,19,20). The van der Waals surface area contributed by atoms with Crippen molar-refractivity contribution in [2.45, 2.75) is 39.7 Å². The molecule has 0 aromatic carbocycles. The fourth-order valence-corrected chi connectivity index (χ4v) is 2.26. The smallest absolute Gasteiger partial charge is 0.347 e. The number of carbonyl (C=O) groups excluding carboxylic acids is 1. The summed E-state index contributed by atoms with van der Waals surface area (Å²) < 4.78 is 1.36. The number of rotatable bonds is 5. The average molecular weight is 295 g/mol. The summed E-state index contributed by atoms with van der Waals surface area (Å²) in [7, 11) is 3.28. The molecule has 21 heavy (non-hydrogen) atoms. The van der Waals surface area contributed by atoms with E-state index in [0.717, 1.165) is 0 Å². The second kappa shape index (κ2) is 6.51. The first-order valence-electron chi connectivity index (χ1n) is 6.67. The van der Waals surface area contributed by atoms with Crippen molar-refractivity contribution in [1.82, 2.24) is 14.5 Å². The Kier molecular flexibility index (Phi) is 5.23. The molecule has 0 aliphatic heterocycles. The first kappa shape index (κ1) is 16.9. The Morgan fingerprint density at radius 1 is 1.33 bits per heavy atom. The molecule has 1 atom stereocenters. The summed E-state index contributed by atoms with van der Waals surface area (Å²) >= 11 is 0. The van der Waals surface area contributed by atoms with Crippen molar-refractivity contribution >= 4 is 11.9 Å². The second-order valence-electron chi connectivity index (χ2n) is 5.23. The third-order valence-electron chi connectivity index (χ3n) is 3.53. The van der Waals surface area contributed by atoms with Gasteiger partial charge in [0, 0.05) is 44.0 Å². The van der Waals surface area contributed by atoms with Gasteiger partial charge >= 0.3 is 11.7 Å². The number of nitrogens with zero attached hydrogens (tertiary/aromatic N) is 3. The second-order valence-corrected chi connectivity index (χ2v) is 5.23. The number of aryl methyl sites for hydroxylation is 1. The van der Waals surface area contributed by atoms with Gasteiger partial charge in [-0.1, -0.05) is 0 Å². The van der Waals surface area contributed by atoms with Gasteiger partial charge in [0.2, 0.25) is 5.91 Å². The Balaban J connectivity index is 3.22. The van der Waals surface area contributed by atoms with E-state index in [-0.39, 0.29) is 18.9 Å². The van der Waals surface area contributed by atoms with E-state index in [9.17, 15) is 14.4 Å². The van der Waals surface area contributed by atoms with E-state index >= 15 is 0 Å². The summed E-state index contributed by atoms with van der Waals surface area (Å²) in [6.07, 6.45) is 0.166. The lowest BCUT2D eigenvalue weighted by Gasteiger charge is -2.18. The predicted octanol–water partition coefficient (Wildman–Crippen LogP) is 0.527. The van der Waals surface area contributed by atoms with E-state index in [0.29, 0.717) is 17.0 Å². The van der Waals surface area contributed by atoms with Crippen LogP contribution in [0.15, 0.2) is 4.79 Å². The Bertz CT molecular complexity index is 619. The maximum Gasteiger partial charge on any atom is 0.347 e. The van der Waals surface area contributed by atoms with Gasteiger partial charge in [-0.05, 0) is 20.8 Å². The molecule has 0 bridgehead atoms. The summed E-state index contributed by atoms with van der Waals surface area (Å²) in [5.41, 5.74) is 1.04. The number of hydrogen-bond acceptors (Lipinski definition) is 4. The zero-order valence-electron chi connectivity index (χ0n) is 13.0. The largest absolute Gasteiger partial charge is 0.481 e. The molecule has 1 heterocycles. The van der Waals surface area contributed by atoms with Crippen LogP contribution in [0.3, 0.4) is 0 Å².